The van der Waals surface area contributed by atoms with Crippen LogP contribution in [0.4, 0.5) is 4.79 Å². The molecule has 2 amide bonds. The minimum atomic E-state index is -0.595. The fourth-order valence-electron chi connectivity index (χ4n) is 4.32. The molecule has 0 aromatic heterocycles. The Balaban J connectivity index is 1.65. The number of carbonyl (C=O) groups excluding carboxylic acids is 2. The van der Waals surface area contributed by atoms with E-state index in [2.05, 4.69) is 5.32 Å². The highest BCUT2D eigenvalue weighted by molar-refractivity contribution is 5.94. The van der Waals surface area contributed by atoms with Gasteiger partial charge in [0.2, 0.25) is 0 Å². The quantitative estimate of drug-likeness (QED) is 0.421. The Labute approximate surface area is 222 Å². The van der Waals surface area contributed by atoms with Crippen LogP contribution in [0.2, 0.25) is 0 Å². The molecule has 0 radical (unpaired) electrons. The average molecular weight is 510 g/mol. The van der Waals surface area contributed by atoms with Gasteiger partial charge in [0, 0.05) is 50.4 Å². The molecule has 2 aromatic rings. The molecule has 1 heterocycles. The van der Waals surface area contributed by atoms with Crippen LogP contribution in [0, 0.1) is 0 Å². The lowest BCUT2D eigenvalue weighted by Gasteiger charge is -2.28. The topological polar surface area (TPSA) is 71.1 Å². The van der Waals surface area contributed by atoms with Gasteiger partial charge in [-0.1, -0.05) is 30.3 Å². The molecular formula is C30H43N3O4. The zero-order valence-corrected chi connectivity index (χ0v) is 23.1. The van der Waals surface area contributed by atoms with Gasteiger partial charge >= 0.3 is 6.09 Å². The number of ether oxygens (including phenoxy) is 2. The van der Waals surface area contributed by atoms with E-state index in [0.717, 1.165) is 42.8 Å². The van der Waals surface area contributed by atoms with E-state index in [-0.39, 0.29) is 18.1 Å². The van der Waals surface area contributed by atoms with Crippen molar-refractivity contribution in [2.45, 2.75) is 78.7 Å². The highest BCUT2D eigenvalue weighted by Gasteiger charge is 2.23. The van der Waals surface area contributed by atoms with Crippen LogP contribution in [0.5, 0.6) is 5.75 Å². The van der Waals surface area contributed by atoms with E-state index < -0.39 is 5.60 Å². The monoisotopic (exact) mass is 509 g/mol. The number of nitrogens with one attached hydrogen (secondary N) is 1. The van der Waals surface area contributed by atoms with Gasteiger partial charge in [0.15, 0.2) is 0 Å². The fraction of sp³-hybridized carbons (Fsp3) is 0.533. The lowest BCUT2D eigenvalue weighted by atomic mass is 10.1. The van der Waals surface area contributed by atoms with Crippen LogP contribution in [-0.4, -0.2) is 59.7 Å². The first-order valence-electron chi connectivity index (χ1n) is 13.4. The molecule has 1 aliphatic heterocycles. The largest absolute Gasteiger partial charge is 0.491 e. The van der Waals surface area contributed by atoms with Crippen LogP contribution in [0.3, 0.4) is 0 Å². The van der Waals surface area contributed by atoms with Gasteiger partial charge in [0.1, 0.15) is 11.4 Å². The number of rotatable bonds is 10. The molecule has 1 N–H and O–H groups in total. The molecule has 37 heavy (non-hydrogen) atoms. The second kappa shape index (κ2) is 13.5. The fourth-order valence-corrected chi connectivity index (χ4v) is 4.32. The standard InChI is InChI=1S/C30H43N3O4/c1-23(2)36-27-15-8-7-13-26(27)21-31-16-19-33(29(35)37-30(3,4)5)22-24-12-11-14-25(20-24)28(34)32-17-9-6-10-18-32/h7-8,11-15,20,23,31H,6,9-10,16-19,21-22H2,1-5H3. The molecule has 0 bridgehead atoms. The Morgan fingerprint density at radius 3 is 2.46 bits per heavy atom. The van der Waals surface area contributed by atoms with E-state index in [1.54, 1.807) is 4.90 Å². The summed E-state index contributed by atoms with van der Waals surface area (Å²) in [5.41, 5.74) is 2.05. The van der Waals surface area contributed by atoms with Gasteiger partial charge in [-0.25, -0.2) is 4.79 Å². The summed E-state index contributed by atoms with van der Waals surface area (Å²) in [6.45, 7) is 13.3. The number of benzene rings is 2. The van der Waals surface area contributed by atoms with Crippen molar-refractivity contribution < 1.29 is 19.1 Å². The third-order valence-corrected chi connectivity index (χ3v) is 6.05. The molecular weight excluding hydrogens is 466 g/mol. The van der Waals surface area contributed by atoms with Gasteiger partial charge < -0.3 is 24.6 Å². The van der Waals surface area contributed by atoms with Crippen LogP contribution in [0.25, 0.3) is 0 Å². The summed E-state index contributed by atoms with van der Waals surface area (Å²) < 4.78 is 11.6. The number of nitrogens with zero attached hydrogens (tertiary/aromatic N) is 2. The van der Waals surface area contributed by atoms with Crippen molar-refractivity contribution in [1.29, 1.82) is 0 Å². The number of para-hydroxylation sites is 1. The second-order valence-corrected chi connectivity index (χ2v) is 10.9. The third kappa shape index (κ3) is 9.39. The Kier molecular flexibility index (Phi) is 10.4. The van der Waals surface area contributed by atoms with Crippen molar-refractivity contribution in [1.82, 2.24) is 15.1 Å². The molecule has 1 saturated heterocycles. The van der Waals surface area contributed by atoms with Crippen molar-refractivity contribution in [2.75, 3.05) is 26.2 Å². The molecule has 0 unspecified atom stereocenters. The molecule has 202 valence electrons. The van der Waals surface area contributed by atoms with Crippen molar-refractivity contribution in [3.05, 3.63) is 65.2 Å². The molecule has 0 spiro atoms. The average Bonchev–Trinajstić information content (AvgIpc) is 2.85. The summed E-state index contributed by atoms with van der Waals surface area (Å²) in [6.07, 6.45) is 3.02. The van der Waals surface area contributed by atoms with E-state index in [0.29, 0.717) is 31.7 Å². The van der Waals surface area contributed by atoms with E-state index >= 15 is 0 Å². The molecule has 7 heteroatoms. The highest BCUT2D eigenvalue weighted by atomic mass is 16.6. The van der Waals surface area contributed by atoms with E-state index in [4.69, 9.17) is 9.47 Å². The molecule has 1 fully saturated rings. The van der Waals surface area contributed by atoms with Gasteiger partial charge in [0.25, 0.3) is 5.91 Å². The summed E-state index contributed by atoms with van der Waals surface area (Å²) in [4.78, 5) is 29.7. The predicted molar refractivity (Wildman–Crippen MR) is 147 cm³/mol. The van der Waals surface area contributed by atoms with Gasteiger partial charge in [0.05, 0.1) is 6.10 Å². The summed E-state index contributed by atoms with van der Waals surface area (Å²) in [5, 5.41) is 3.43. The SMILES string of the molecule is CC(C)Oc1ccccc1CNCCN(Cc1cccc(C(=O)N2CCCCC2)c1)C(=O)OC(C)(C)C. The van der Waals surface area contributed by atoms with E-state index in [9.17, 15) is 9.59 Å². The van der Waals surface area contributed by atoms with Gasteiger partial charge in [-0.3, -0.25) is 4.79 Å². The van der Waals surface area contributed by atoms with Crippen molar-refractivity contribution in [3.8, 4) is 5.75 Å². The predicted octanol–water partition coefficient (Wildman–Crippen LogP) is 5.63. The highest BCUT2D eigenvalue weighted by Crippen LogP contribution is 2.20. The zero-order valence-electron chi connectivity index (χ0n) is 23.1. The first-order valence-corrected chi connectivity index (χ1v) is 13.4. The van der Waals surface area contributed by atoms with Crippen molar-refractivity contribution >= 4 is 12.0 Å². The molecule has 0 atom stereocenters. The Morgan fingerprint density at radius 2 is 1.76 bits per heavy atom. The molecule has 0 aliphatic carbocycles. The molecule has 7 nitrogen and oxygen atoms in total. The lowest BCUT2D eigenvalue weighted by molar-refractivity contribution is 0.0235. The Morgan fingerprint density at radius 1 is 1.03 bits per heavy atom. The van der Waals surface area contributed by atoms with Gasteiger partial charge in [-0.05, 0) is 77.6 Å². The molecule has 0 saturated carbocycles. The molecule has 2 aromatic carbocycles. The summed E-state index contributed by atoms with van der Waals surface area (Å²) in [7, 11) is 0. The maximum atomic E-state index is 13.0. The molecule has 1 aliphatic rings. The van der Waals surface area contributed by atoms with Crippen LogP contribution in [0.15, 0.2) is 48.5 Å². The first-order chi connectivity index (χ1) is 17.6. The number of hydrogen-bond acceptors (Lipinski definition) is 5. The number of amides is 2. The second-order valence-electron chi connectivity index (χ2n) is 10.9. The number of likely N-dealkylation sites (tertiary alicyclic amines) is 1. The van der Waals surface area contributed by atoms with Crippen LogP contribution in [0.1, 0.15) is 75.4 Å². The van der Waals surface area contributed by atoms with Crippen molar-refractivity contribution in [2.24, 2.45) is 0 Å². The van der Waals surface area contributed by atoms with Crippen LogP contribution < -0.4 is 10.1 Å². The molecule has 3 rings (SSSR count). The Bertz CT molecular complexity index is 1030. The number of hydrogen-bond donors (Lipinski definition) is 1. The maximum Gasteiger partial charge on any atom is 0.410 e. The van der Waals surface area contributed by atoms with E-state index in [1.807, 2.05) is 88.0 Å². The first kappa shape index (κ1) is 28.5. The summed E-state index contributed by atoms with van der Waals surface area (Å²) >= 11 is 0. The Hall–Kier alpha value is -3.06. The lowest BCUT2D eigenvalue weighted by Crippen LogP contribution is -2.40. The van der Waals surface area contributed by atoms with Crippen LogP contribution >= 0.6 is 0 Å². The summed E-state index contributed by atoms with van der Waals surface area (Å²) in [5.74, 6) is 0.929. The minimum absolute atomic E-state index is 0.0642. The smallest absolute Gasteiger partial charge is 0.410 e. The van der Waals surface area contributed by atoms with E-state index in [1.165, 1.54) is 6.42 Å². The minimum Gasteiger partial charge on any atom is -0.491 e. The number of carbonyl (C=O) groups is 2. The third-order valence-electron chi connectivity index (χ3n) is 6.05. The van der Waals surface area contributed by atoms with Gasteiger partial charge in [-0.2, -0.15) is 0 Å². The van der Waals surface area contributed by atoms with Crippen LogP contribution in [-0.2, 0) is 17.8 Å². The maximum absolute atomic E-state index is 13.0. The zero-order chi connectivity index (χ0) is 26.8. The normalized spacial score (nSPS) is 13.9. The summed E-state index contributed by atoms with van der Waals surface area (Å²) in [6, 6.07) is 15.6. The van der Waals surface area contributed by atoms with Gasteiger partial charge in [-0.15, -0.1) is 0 Å². The number of piperidine rings is 1. The van der Waals surface area contributed by atoms with Crippen molar-refractivity contribution in [3.63, 3.8) is 0 Å².